The lowest BCUT2D eigenvalue weighted by Gasteiger charge is -2.40. The quantitative estimate of drug-likeness (QED) is 0.529. The number of anilines is 1. The smallest absolute Gasteiger partial charge is 0.160 e. The minimum Gasteiger partial charge on any atom is -0.383 e. The zero-order valence-electron chi connectivity index (χ0n) is 22.8. The fourth-order valence-electron chi connectivity index (χ4n) is 6.11. The number of hydrogen-bond donors (Lipinski definition) is 2. The molecule has 3 unspecified atom stereocenters. The van der Waals surface area contributed by atoms with E-state index in [1.807, 2.05) is 6.20 Å². The van der Waals surface area contributed by atoms with Crippen molar-refractivity contribution < 1.29 is 4.74 Å². The van der Waals surface area contributed by atoms with E-state index in [2.05, 4.69) is 65.9 Å². The summed E-state index contributed by atoms with van der Waals surface area (Å²) in [5, 5.41) is 7.44. The second-order valence-electron chi connectivity index (χ2n) is 11.0. The second kappa shape index (κ2) is 12.0. The predicted octanol–water partition coefficient (Wildman–Crippen LogP) is 3.89. The molecule has 0 amide bonds. The zero-order chi connectivity index (χ0) is 24.9. The van der Waals surface area contributed by atoms with Gasteiger partial charge < -0.3 is 24.8 Å². The van der Waals surface area contributed by atoms with E-state index in [1.54, 1.807) is 7.11 Å². The third kappa shape index (κ3) is 6.34. The van der Waals surface area contributed by atoms with Crippen LogP contribution >= 0.6 is 0 Å². The topological polar surface area (TPSA) is 70.5 Å². The molecule has 4 rings (SSSR count). The van der Waals surface area contributed by atoms with Crippen LogP contribution in [0.3, 0.4) is 0 Å². The van der Waals surface area contributed by atoms with Crippen molar-refractivity contribution in [2.45, 2.75) is 96.1 Å². The number of nitrogens with one attached hydrogen (secondary N) is 2. The summed E-state index contributed by atoms with van der Waals surface area (Å²) in [5.41, 5.74) is 3.04. The molecule has 1 aliphatic heterocycles. The summed E-state index contributed by atoms with van der Waals surface area (Å²) >= 11 is 0. The van der Waals surface area contributed by atoms with Crippen molar-refractivity contribution in [3.8, 4) is 0 Å². The normalized spacial score (nSPS) is 26.9. The summed E-state index contributed by atoms with van der Waals surface area (Å²) in [6, 6.07) is 4.67. The molecule has 2 aliphatic rings. The maximum atomic E-state index is 5.47. The average molecular weight is 486 g/mol. The standard InChI is InChI=1S/C27H47N7O/c1-7-8-25(33-17-19(2)29-20(3)18-33)27-31-24-15-22(16-28-26(24)34(27)13-14-35-6)30-21-9-11-23(12-10-21)32(4)5/h15-16,19-21,23,25,29-30H,7-14,17-18H2,1-6H3. The molecule has 196 valence electrons. The van der Waals surface area contributed by atoms with Gasteiger partial charge in [0, 0.05) is 50.9 Å². The van der Waals surface area contributed by atoms with Gasteiger partial charge in [-0.2, -0.15) is 0 Å². The summed E-state index contributed by atoms with van der Waals surface area (Å²) in [6.45, 7) is 10.3. The zero-order valence-corrected chi connectivity index (χ0v) is 22.8. The molecule has 2 N–H and O–H groups in total. The van der Waals surface area contributed by atoms with E-state index in [0.717, 1.165) is 55.2 Å². The fraction of sp³-hybridized carbons (Fsp3) is 0.778. The number of rotatable bonds is 10. The van der Waals surface area contributed by atoms with Crippen molar-refractivity contribution in [3.05, 3.63) is 18.1 Å². The molecule has 3 atom stereocenters. The summed E-state index contributed by atoms with van der Waals surface area (Å²) in [5.74, 6) is 1.14. The maximum absolute atomic E-state index is 5.47. The van der Waals surface area contributed by atoms with Crippen LogP contribution in [0.5, 0.6) is 0 Å². The molecule has 8 heteroatoms. The van der Waals surface area contributed by atoms with Gasteiger partial charge in [-0.05, 0) is 66.1 Å². The van der Waals surface area contributed by atoms with E-state index in [9.17, 15) is 0 Å². The Bertz CT molecular complexity index is 927. The minimum atomic E-state index is 0.288. The van der Waals surface area contributed by atoms with Crippen LogP contribution in [0, 0.1) is 0 Å². The van der Waals surface area contributed by atoms with Gasteiger partial charge in [0.1, 0.15) is 11.3 Å². The highest BCUT2D eigenvalue weighted by molar-refractivity contribution is 5.76. The first-order chi connectivity index (χ1) is 16.9. The van der Waals surface area contributed by atoms with Crippen LogP contribution in [-0.4, -0.2) is 89.4 Å². The number of ether oxygens (including phenoxy) is 1. The number of aromatic nitrogens is 3. The van der Waals surface area contributed by atoms with Crippen LogP contribution in [0.4, 0.5) is 5.69 Å². The van der Waals surface area contributed by atoms with Gasteiger partial charge in [0.2, 0.25) is 0 Å². The number of hydrogen-bond acceptors (Lipinski definition) is 7. The van der Waals surface area contributed by atoms with Gasteiger partial charge in [-0.25, -0.2) is 9.97 Å². The largest absolute Gasteiger partial charge is 0.383 e. The average Bonchev–Trinajstić information content (AvgIpc) is 3.18. The van der Waals surface area contributed by atoms with Crippen LogP contribution in [0.15, 0.2) is 12.3 Å². The van der Waals surface area contributed by atoms with Gasteiger partial charge in [-0.1, -0.05) is 13.3 Å². The lowest BCUT2D eigenvalue weighted by molar-refractivity contribution is 0.108. The molecule has 2 fully saturated rings. The number of piperazine rings is 1. The SMILES string of the molecule is CCCC(c1nc2cc(NC3CCC(N(C)C)CC3)cnc2n1CCOC)N1CC(C)NC(C)C1. The summed E-state index contributed by atoms with van der Waals surface area (Å²) in [7, 11) is 6.16. The monoisotopic (exact) mass is 485 g/mol. The van der Waals surface area contributed by atoms with Crippen molar-refractivity contribution >= 4 is 16.9 Å². The second-order valence-corrected chi connectivity index (χ2v) is 11.0. The van der Waals surface area contributed by atoms with Gasteiger partial charge >= 0.3 is 0 Å². The van der Waals surface area contributed by atoms with Crippen molar-refractivity contribution in [3.63, 3.8) is 0 Å². The van der Waals surface area contributed by atoms with Crippen molar-refractivity contribution in [2.75, 3.05) is 46.2 Å². The Kier molecular flexibility index (Phi) is 9.02. The first kappa shape index (κ1) is 26.3. The molecule has 1 saturated carbocycles. The van der Waals surface area contributed by atoms with E-state index in [1.165, 1.54) is 25.7 Å². The highest BCUT2D eigenvalue weighted by atomic mass is 16.5. The van der Waals surface area contributed by atoms with Crippen LogP contribution in [0.1, 0.15) is 71.2 Å². The molecule has 8 nitrogen and oxygen atoms in total. The third-order valence-electron chi connectivity index (χ3n) is 7.82. The Labute approximate surface area is 211 Å². The van der Waals surface area contributed by atoms with Crippen LogP contribution < -0.4 is 10.6 Å². The van der Waals surface area contributed by atoms with Crippen molar-refractivity contribution in [2.24, 2.45) is 0 Å². The van der Waals surface area contributed by atoms with Gasteiger partial charge in [-0.15, -0.1) is 0 Å². The van der Waals surface area contributed by atoms with Crippen LogP contribution in [0.25, 0.3) is 11.2 Å². The van der Waals surface area contributed by atoms with Gasteiger partial charge in [0.05, 0.1) is 24.5 Å². The first-order valence-electron chi connectivity index (χ1n) is 13.7. The fourth-order valence-corrected chi connectivity index (χ4v) is 6.11. The number of fused-ring (bicyclic) bond motifs is 1. The number of nitrogens with zero attached hydrogens (tertiary/aromatic N) is 5. The summed E-state index contributed by atoms with van der Waals surface area (Å²) in [4.78, 5) is 15.2. The van der Waals surface area contributed by atoms with Crippen LogP contribution in [0.2, 0.25) is 0 Å². The van der Waals surface area contributed by atoms with E-state index in [4.69, 9.17) is 14.7 Å². The summed E-state index contributed by atoms with van der Waals surface area (Å²) in [6.07, 6.45) is 9.11. The van der Waals surface area contributed by atoms with Gasteiger partial charge in [-0.3, -0.25) is 4.90 Å². The van der Waals surface area contributed by atoms with E-state index in [0.29, 0.717) is 30.8 Å². The Morgan fingerprint density at radius 2 is 1.89 bits per heavy atom. The Morgan fingerprint density at radius 1 is 1.17 bits per heavy atom. The Hall–Kier alpha value is -1.74. The number of imidazole rings is 1. The Balaban J connectivity index is 1.60. The molecule has 0 aromatic carbocycles. The molecule has 2 aromatic heterocycles. The minimum absolute atomic E-state index is 0.288. The third-order valence-corrected chi connectivity index (χ3v) is 7.82. The molecule has 1 saturated heterocycles. The van der Waals surface area contributed by atoms with Crippen LogP contribution in [-0.2, 0) is 11.3 Å². The van der Waals surface area contributed by atoms with E-state index >= 15 is 0 Å². The molecular formula is C27H47N7O. The maximum Gasteiger partial charge on any atom is 0.160 e. The molecule has 0 radical (unpaired) electrons. The molecule has 2 aromatic rings. The highest BCUT2D eigenvalue weighted by Gasteiger charge is 2.31. The lowest BCUT2D eigenvalue weighted by atomic mass is 9.90. The summed E-state index contributed by atoms with van der Waals surface area (Å²) < 4.78 is 7.78. The molecule has 3 heterocycles. The number of pyridine rings is 1. The van der Waals surface area contributed by atoms with Gasteiger partial charge in [0.15, 0.2) is 5.65 Å². The lowest BCUT2D eigenvalue weighted by Crippen LogP contribution is -2.55. The van der Waals surface area contributed by atoms with Crippen molar-refractivity contribution in [1.29, 1.82) is 0 Å². The molecule has 0 bridgehead atoms. The van der Waals surface area contributed by atoms with Gasteiger partial charge in [0.25, 0.3) is 0 Å². The first-order valence-corrected chi connectivity index (χ1v) is 13.7. The van der Waals surface area contributed by atoms with Crippen molar-refractivity contribution in [1.82, 2.24) is 29.7 Å². The Morgan fingerprint density at radius 3 is 2.51 bits per heavy atom. The molecule has 1 aliphatic carbocycles. The van der Waals surface area contributed by atoms with E-state index < -0.39 is 0 Å². The molecule has 35 heavy (non-hydrogen) atoms. The molecule has 0 spiro atoms. The predicted molar refractivity (Wildman–Crippen MR) is 144 cm³/mol. The molecular weight excluding hydrogens is 438 g/mol. The van der Waals surface area contributed by atoms with E-state index in [-0.39, 0.29) is 6.04 Å². The number of methoxy groups -OCH3 is 1. The highest BCUT2D eigenvalue weighted by Crippen LogP contribution is 2.31.